The van der Waals surface area contributed by atoms with Crippen LogP contribution in [0.2, 0.25) is 0 Å². The van der Waals surface area contributed by atoms with Gasteiger partial charge in [0.05, 0.1) is 5.69 Å². The van der Waals surface area contributed by atoms with Gasteiger partial charge in [-0.1, -0.05) is 0 Å². The van der Waals surface area contributed by atoms with E-state index in [0.29, 0.717) is 0 Å². The molecule has 5 heteroatoms. The van der Waals surface area contributed by atoms with Crippen molar-refractivity contribution < 1.29 is 4.42 Å². The highest BCUT2D eigenvalue weighted by Crippen LogP contribution is 2.30. The summed E-state index contributed by atoms with van der Waals surface area (Å²) in [5, 5.41) is 0. The lowest BCUT2D eigenvalue weighted by molar-refractivity contribution is 0.466. The molecule has 1 aliphatic rings. The molecule has 1 atom stereocenters. The average molecular weight is 296 g/mol. The van der Waals surface area contributed by atoms with Crippen LogP contribution in [0.3, 0.4) is 0 Å². The lowest BCUT2D eigenvalue weighted by Gasteiger charge is -2.21. The first-order valence-corrected chi connectivity index (χ1v) is 6.51. The van der Waals surface area contributed by atoms with Gasteiger partial charge in [-0.25, -0.2) is 4.98 Å². The van der Waals surface area contributed by atoms with Crippen LogP contribution in [0.1, 0.15) is 17.9 Å². The second-order valence-corrected chi connectivity index (χ2v) is 5.24. The Morgan fingerprint density at radius 2 is 2.35 bits per heavy atom. The molecule has 0 saturated carbocycles. The van der Waals surface area contributed by atoms with Crippen LogP contribution in [-0.2, 0) is 13.0 Å². The van der Waals surface area contributed by atoms with Gasteiger partial charge in [-0.3, -0.25) is 0 Å². The summed E-state index contributed by atoms with van der Waals surface area (Å²) in [4.78, 5) is 4.54. The van der Waals surface area contributed by atoms with Crippen molar-refractivity contribution in [3.8, 4) is 11.6 Å². The molecule has 0 amide bonds. The van der Waals surface area contributed by atoms with E-state index in [1.165, 1.54) is 5.69 Å². The fourth-order valence-corrected chi connectivity index (χ4v) is 2.82. The Balaban J connectivity index is 2.10. The number of furan rings is 1. The van der Waals surface area contributed by atoms with Crippen LogP contribution in [-0.4, -0.2) is 15.6 Å². The Hall–Kier alpha value is -1.07. The Morgan fingerprint density at radius 3 is 3.06 bits per heavy atom. The first-order valence-electron chi connectivity index (χ1n) is 5.72. The standard InChI is InChI=1S/C12H14BrN3O/c1-7-2-3-10(17-7)12-15-11(13)9-6-8(14)4-5-16(9)12/h2-3,8H,4-6,14H2,1H3. The molecular weight excluding hydrogens is 282 g/mol. The smallest absolute Gasteiger partial charge is 0.177 e. The highest BCUT2D eigenvalue weighted by atomic mass is 79.9. The van der Waals surface area contributed by atoms with Crippen molar-refractivity contribution in [1.82, 2.24) is 9.55 Å². The van der Waals surface area contributed by atoms with Crippen molar-refractivity contribution in [2.24, 2.45) is 5.73 Å². The molecule has 0 aliphatic carbocycles. The van der Waals surface area contributed by atoms with Gasteiger partial charge in [0.25, 0.3) is 0 Å². The highest BCUT2D eigenvalue weighted by Gasteiger charge is 2.24. The monoisotopic (exact) mass is 295 g/mol. The van der Waals surface area contributed by atoms with E-state index in [1.54, 1.807) is 0 Å². The SMILES string of the molecule is Cc1ccc(-c2nc(Br)c3n2CCC(N)C3)o1. The Morgan fingerprint density at radius 1 is 1.53 bits per heavy atom. The number of halogens is 1. The van der Waals surface area contributed by atoms with Crippen LogP contribution in [0.25, 0.3) is 11.6 Å². The summed E-state index contributed by atoms with van der Waals surface area (Å²) >= 11 is 3.51. The zero-order valence-corrected chi connectivity index (χ0v) is 11.2. The quantitative estimate of drug-likeness (QED) is 0.879. The van der Waals surface area contributed by atoms with E-state index in [1.807, 2.05) is 19.1 Å². The number of hydrogen-bond donors (Lipinski definition) is 1. The normalized spacial score (nSPS) is 19.4. The van der Waals surface area contributed by atoms with E-state index in [-0.39, 0.29) is 6.04 Å². The van der Waals surface area contributed by atoms with Gasteiger partial charge in [-0.2, -0.15) is 0 Å². The highest BCUT2D eigenvalue weighted by molar-refractivity contribution is 9.10. The lowest BCUT2D eigenvalue weighted by Crippen LogP contribution is -2.30. The summed E-state index contributed by atoms with van der Waals surface area (Å²) in [5.41, 5.74) is 7.16. The van der Waals surface area contributed by atoms with Crippen LogP contribution in [0.4, 0.5) is 0 Å². The fraction of sp³-hybridized carbons (Fsp3) is 0.417. The third-order valence-electron chi connectivity index (χ3n) is 3.16. The molecule has 90 valence electrons. The Kier molecular flexibility index (Phi) is 2.60. The maximum absolute atomic E-state index is 5.99. The van der Waals surface area contributed by atoms with Gasteiger partial charge in [0.15, 0.2) is 11.6 Å². The molecule has 0 bridgehead atoms. The molecule has 2 N–H and O–H groups in total. The Bertz CT molecular complexity index is 558. The largest absolute Gasteiger partial charge is 0.458 e. The molecule has 0 saturated heterocycles. The summed E-state index contributed by atoms with van der Waals surface area (Å²) in [7, 11) is 0. The second-order valence-electron chi connectivity index (χ2n) is 4.49. The molecule has 0 fully saturated rings. The molecule has 3 rings (SSSR count). The van der Waals surface area contributed by atoms with Crippen molar-refractivity contribution in [1.29, 1.82) is 0 Å². The van der Waals surface area contributed by atoms with Gasteiger partial charge >= 0.3 is 0 Å². The summed E-state index contributed by atoms with van der Waals surface area (Å²) in [6, 6.07) is 4.16. The van der Waals surface area contributed by atoms with Crippen LogP contribution in [0, 0.1) is 6.92 Å². The van der Waals surface area contributed by atoms with Gasteiger partial charge in [0.1, 0.15) is 10.4 Å². The number of rotatable bonds is 1. The topological polar surface area (TPSA) is 57.0 Å². The maximum Gasteiger partial charge on any atom is 0.177 e. The molecule has 0 spiro atoms. The molecule has 3 heterocycles. The second kappa shape index (κ2) is 3.99. The van der Waals surface area contributed by atoms with Gasteiger partial charge in [0.2, 0.25) is 0 Å². The van der Waals surface area contributed by atoms with Gasteiger partial charge in [-0.05, 0) is 41.4 Å². The van der Waals surface area contributed by atoms with Crippen molar-refractivity contribution in [3.63, 3.8) is 0 Å². The molecule has 0 aromatic carbocycles. The van der Waals surface area contributed by atoms with E-state index in [2.05, 4.69) is 25.5 Å². The van der Waals surface area contributed by atoms with E-state index in [9.17, 15) is 0 Å². The zero-order chi connectivity index (χ0) is 12.0. The van der Waals surface area contributed by atoms with E-state index in [4.69, 9.17) is 10.2 Å². The van der Waals surface area contributed by atoms with Gasteiger partial charge in [0, 0.05) is 19.0 Å². The number of hydrogen-bond acceptors (Lipinski definition) is 3. The molecular formula is C12H14BrN3O. The van der Waals surface area contributed by atoms with Crippen LogP contribution >= 0.6 is 15.9 Å². The van der Waals surface area contributed by atoms with Crippen LogP contribution < -0.4 is 5.73 Å². The zero-order valence-electron chi connectivity index (χ0n) is 9.61. The number of nitrogens with two attached hydrogens (primary N) is 1. The van der Waals surface area contributed by atoms with Crippen molar-refractivity contribution in [3.05, 3.63) is 28.2 Å². The van der Waals surface area contributed by atoms with Crippen molar-refractivity contribution >= 4 is 15.9 Å². The predicted molar refractivity (Wildman–Crippen MR) is 68.7 cm³/mol. The summed E-state index contributed by atoms with van der Waals surface area (Å²) in [6.45, 7) is 2.85. The summed E-state index contributed by atoms with van der Waals surface area (Å²) in [6.07, 6.45) is 1.86. The number of nitrogens with zero attached hydrogens (tertiary/aromatic N) is 2. The number of imidazole rings is 1. The lowest BCUT2D eigenvalue weighted by atomic mass is 10.1. The number of aromatic nitrogens is 2. The predicted octanol–water partition coefficient (Wildman–Crippen LogP) is 2.49. The fourth-order valence-electron chi connectivity index (χ4n) is 2.28. The summed E-state index contributed by atoms with van der Waals surface area (Å²) in [5.74, 6) is 2.62. The third kappa shape index (κ3) is 1.83. The molecule has 1 unspecified atom stereocenters. The van der Waals surface area contributed by atoms with Gasteiger partial charge in [-0.15, -0.1) is 0 Å². The first kappa shape index (κ1) is 11.0. The number of aryl methyl sites for hydroxylation is 1. The average Bonchev–Trinajstić information content (AvgIpc) is 2.84. The molecule has 0 radical (unpaired) electrons. The van der Waals surface area contributed by atoms with E-state index >= 15 is 0 Å². The third-order valence-corrected chi connectivity index (χ3v) is 3.80. The molecule has 2 aromatic rings. The summed E-state index contributed by atoms with van der Waals surface area (Å²) < 4.78 is 8.73. The van der Waals surface area contributed by atoms with Crippen molar-refractivity contribution in [2.45, 2.75) is 32.4 Å². The molecule has 2 aromatic heterocycles. The first-order chi connectivity index (χ1) is 8.15. The van der Waals surface area contributed by atoms with E-state index in [0.717, 1.165) is 41.3 Å². The molecule has 4 nitrogen and oxygen atoms in total. The number of fused-ring (bicyclic) bond motifs is 1. The van der Waals surface area contributed by atoms with Gasteiger partial charge < -0.3 is 14.7 Å². The van der Waals surface area contributed by atoms with Crippen molar-refractivity contribution in [2.75, 3.05) is 0 Å². The molecule has 1 aliphatic heterocycles. The van der Waals surface area contributed by atoms with Crippen LogP contribution in [0.5, 0.6) is 0 Å². The minimum Gasteiger partial charge on any atom is -0.458 e. The van der Waals surface area contributed by atoms with Crippen LogP contribution in [0.15, 0.2) is 21.2 Å². The minimum atomic E-state index is 0.238. The van der Waals surface area contributed by atoms with E-state index < -0.39 is 0 Å². The Labute approximate surface area is 108 Å². The molecule has 17 heavy (non-hydrogen) atoms. The maximum atomic E-state index is 5.99. The minimum absolute atomic E-state index is 0.238.